The van der Waals surface area contributed by atoms with Crippen molar-refractivity contribution in [1.82, 2.24) is 10.2 Å². The number of nitrogens with zero attached hydrogens (tertiary/aromatic N) is 1. The monoisotopic (exact) mass is 236 g/mol. The van der Waals surface area contributed by atoms with Gasteiger partial charge in [-0.05, 0) is 70.5 Å². The van der Waals surface area contributed by atoms with Crippen LogP contribution in [-0.2, 0) is 0 Å². The van der Waals surface area contributed by atoms with Crippen molar-refractivity contribution in [2.75, 3.05) is 20.1 Å². The van der Waals surface area contributed by atoms with Crippen LogP contribution in [0.25, 0.3) is 0 Å². The Balaban J connectivity index is 1.64. The summed E-state index contributed by atoms with van der Waals surface area (Å²) in [6, 6.07) is 1.88. The number of hydrogen-bond donors (Lipinski definition) is 1. The summed E-state index contributed by atoms with van der Waals surface area (Å²) in [4.78, 5) is 2.93. The van der Waals surface area contributed by atoms with Crippen LogP contribution in [0.15, 0.2) is 0 Å². The number of rotatable bonds is 3. The molecule has 0 amide bonds. The van der Waals surface area contributed by atoms with Gasteiger partial charge < -0.3 is 5.32 Å². The van der Waals surface area contributed by atoms with Crippen molar-refractivity contribution < 1.29 is 0 Å². The summed E-state index contributed by atoms with van der Waals surface area (Å²) in [6.45, 7) is 2.63. The highest BCUT2D eigenvalue weighted by Crippen LogP contribution is 2.41. The maximum atomic E-state index is 3.38. The van der Waals surface area contributed by atoms with E-state index < -0.39 is 0 Å². The molecule has 4 atom stereocenters. The van der Waals surface area contributed by atoms with Crippen LogP contribution in [-0.4, -0.2) is 37.1 Å². The highest BCUT2D eigenvalue weighted by molar-refractivity contribution is 4.97. The predicted molar refractivity (Wildman–Crippen MR) is 72.1 cm³/mol. The lowest BCUT2D eigenvalue weighted by Gasteiger charge is -2.53. The minimum atomic E-state index is 0.924. The largest absolute Gasteiger partial charge is 0.319 e. The zero-order valence-corrected chi connectivity index (χ0v) is 11.3. The van der Waals surface area contributed by atoms with Crippen LogP contribution in [0.4, 0.5) is 0 Å². The summed E-state index contributed by atoms with van der Waals surface area (Å²) >= 11 is 0. The summed E-state index contributed by atoms with van der Waals surface area (Å²) in [7, 11) is 2.11. The molecule has 2 heteroatoms. The Labute approximate surface area is 106 Å². The van der Waals surface area contributed by atoms with E-state index >= 15 is 0 Å². The zero-order chi connectivity index (χ0) is 11.7. The summed E-state index contributed by atoms with van der Waals surface area (Å²) < 4.78 is 0. The molecule has 0 spiro atoms. The molecule has 17 heavy (non-hydrogen) atoms. The summed E-state index contributed by atoms with van der Waals surface area (Å²) in [5, 5.41) is 3.38. The fourth-order valence-corrected chi connectivity index (χ4v) is 4.56. The van der Waals surface area contributed by atoms with Crippen LogP contribution in [0.1, 0.15) is 51.4 Å². The van der Waals surface area contributed by atoms with Gasteiger partial charge in [-0.1, -0.05) is 12.8 Å². The van der Waals surface area contributed by atoms with E-state index in [0.717, 1.165) is 23.9 Å². The van der Waals surface area contributed by atoms with Crippen LogP contribution >= 0.6 is 0 Å². The molecule has 1 saturated heterocycles. The van der Waals surface area contributed by atoms with Gasteiger partial charge in [-0.3, -0.25) is 4.90 Å². The molecule has 3 aliphatic rings. The predicted octanol–water partition coefficient (Wildman–Crippen LogP) is 2.64. The Hall–Kier alpha value is -0.0800. The third kappa shape index (κ3) is 2.26. The highest BCUT2D eigenvalue weighted by atomic mass is 15.2. The molecule has 0 aromatic heterocycles. The van der Waals surface area contributed by atoms with E-state index in [0.29, 0.717) is 0 Å². The molecule has 2 nitrogen and oxygen atoms in total. The first-order chi connectivity index (χ1) is 8.40. The quantitative estimate of drug-likeness (QED) is 0.810. The maximum absolute atomic E-state index is 3.38. The van der Waals surface area contributed by atoms with Crippen molar-refractivity contribution >= 4 is 0 Å². The van der Waals surface area contributed by atoms with Gasteiger partial charge >= 0.3 is 0 Å². The lowest BCUT2D eigenvalue weighted by atomic mass is 9.72. The van der Waals surface area contributed by atoms with Crippen molar-refractivity contribution in [2.45, 2.75) is 63.5 Å². The normalized spacial score (nSPS) is 42.9. The molecule has 2 unspecified atom stereocenters. The molecule has 2 saturated carbocycles. The zero-order valence-electron chi connectivity index (χ0n) is 11.3. The molecule has 3 fully saturated rings. The first-order valence-corrected chi connectivity index (χ1v) is 7.80. The van der Waals surface area contributed by atoms with E-state index in [1.54, 1.807) is 0 Å². The van der Waals surface area contributed by atoms with Gasteiger partial charge in [-0.15, -0.1) is 0 Å². The lowest BCUT2D eigenvalue weighted by molar-refractivity contribution is -0.0313. The van der Waals surface area contributed by atoms with Crippen LogP contribution < -0.4 is 5.32 Å². The van der Waals surface area contributed by atoms with Gasteiger partial charge in [-0.2, -0.15) is 0 Å². The summed E-state index contributed by atoms with van der Waals surface area (Å²) in [5.74, 6) is 1.99. The van der Waals surface area contributed by atoms with E-state index in [-0.39, 0.29) is 0 Å². The molecule has 1 heterocycles. The fraction of sp³-hybridized carbons (Fsp3) is 1.00. The van der Waals surface area contributed by atoms with E-state index in [4.69, 9.17) is 0 Å². The molecule has 3 rings (SSSR count). The Kier molecular flexibility index (Phi) is 3.72. The third-order valence-electron chi connectivity index (χ3n) is 5.56. The second kappa shape index (κ2) is 5.27. The molecular formula is C15H28N2. The fourth-order valence-electron chi connectivity index (χ4n) is 4.56. The second-order valence-electron chi connectivity index (χ2n) is 6.45. The van der Waals surface area contributed by atoms with E-state index in [1.165, 1.54) is 64.5 Å². The van der Waals surface area contributed by atoms with Crippen molar-refractivity contribution in [3.05, 3.63) is 0 Å². The topological polar surface area (TPSA) is 15.3 Å². The molecule has 0 bridgehead atoms. The Morgan fingerprint density at radius 2 is 1.76 bits per heavy atom. The van der Waals surface area contributed by atoms with Gasteiger partial charge in [0.2, 0.25) is 0 Å². The average Bonchev–Trinajstić information content (AvgIpc) is 2.35. The third-order valence-corrected chi connectivity index (χ3v) is 5.56. The molecule has 0 aromatic carbocycles. The van der Waals surface area contributed by atoms with Crippen LogP contribution in [0.5, 0.6) is 0 Å². The number of likely N-dealkylation sites (tertiary alicyclic amines) is 1. The van der Waals surface area contributed by atoms with Crippen LogP contribution in [0.3, 0.4) is 0 Å². The number of hydrogen-bond acceptors (Lipinski definition) is 2. The minimum absolute atomic E-state index is 0.924. The van der Waals surface area contributed by atoms with Crippen molar-refractivity contribution in [2.24, 2.45) is 11.8 Å². The van der Waals surface area contributed by atoms with Gasteiger partial charge in [0.25, 0.3) is 0 Å². The molecule has 98 valence electrons. The molecular weight excluding hydrogens is 208 g/mol. The average molecular weight is 236 g/mol. The van der Waals surface area contributed by atoms with Crippen LogP contribution in [0, 0.1) is 11.8 Å². The SMILES string of the molecule is CNCC1CCC1N1CCC[C@H]2CCCC[C@H]21. The Morgan fingerprint density at radius 3 is 2.53 bits per heavy atom. The number of fused-ring (bicyclic) bond motifs is 1. The lowest BCUT2D eigenvalue weighted by Crippen LogP contribution is -2.58. The van der Waals surface area contributed by atoms with Gasteiger partial charge in [0, 0.05) is 12.1 Å². The molecule has 0 aromatic rings. The molecule has 0 radical (unpaired) electrons. The van der Waals surface area contributed by atoms with Crippen LogP contribution in [0.2, 0.25) is 0 Å². The smallest absolute Gasteiger partial charge is 0.0139 e. The second-order valence-corrected chi connectivity index (χ2v) is 6.45. The van der Waals surface area contributed by atoms with E-state index in [9.17, 15) is 0 Å². The summed E-state index contributed by atoms with van der Waals surface area (Å²) in [6.07, 6.45) is 11.9. The van der Waals surface area contributed by atoms with Gasteiger partial charge in [0.1, 0.15) is 0 Å². The highest BCUT2D eigenvalue weighted by Gasteiger charge is 2.42. The Bertz CT molecular complexity index is 251. The molecule has 2 aliphatic carbocycles. The van der Waals surface area contributed by atoms with Gasteiger partial charge in [0.05, 0.1) is 0 Å². The van der Waals surface area contributed by atoms with Gasteiger partial charge in [-0.25, -0.2) is 0 Å². The number of nitrogens with one attached hydrogen (secondary N) is 1. The molecule has 1 N–H and O–H groups in total. The van der Waals surface area contributed by atoms with Gasteiger partial charge in [0.15, 0.2) is 0 Å². The first kappa shape index (κ1) is 12.0. The van der Waals surface area contributed by atoms with Crippen molar-refractivity contribution in [1.29, 1.82) is 0 Å². The number of piperidine rings is 1. The Morgan fingerprint density at radius 1 is 0.941 bits per heavy atom. The maximum Gasteiger partial charge on any atom is 0.0139 e. The van der Waals surface area contributed by atoms with E-state index in [1.807, 2.05) is 0 Å². The first-order valence-electron chi connectivity index (χ1n) is 7.80. The van der Waals surface area contributed by atoms with E-state index in [2.05, 4.69) is 17.3 Å². The van der Waals surface area contributed by atoms with Crippen molar-refractivity contribution in [3.63, 3.8) is 0 Å². The van der Waals surface area contributed by atoms with Crippen molar-refractivity contribution in [3.8, 4) is 0 Å². The summed E-state index contributed by atoms with van der Waals surface area (Å²) in [5.41, 5.74) is 0. The standard InChI is InChI=1S/C15H28N2/c1-16-11-13-8-9-15(13)17-10-4-6-12-5-2-3-7-14(12)17/h12-16H,2-11H2,1H3/t12-,13?,14-,15?/m1/s1. The minimum Gasteiger partial charge on any atom is -0.319 e. The molecule has 1 aliphatic heterocycles.